The van der Waals surface area contributed by atoms with Gasteiger partial charge in [-0.1, -0.05) is 91.0 Å². The molecule has 6 aromatic rings. The van der Waals surface area contributed by atoms with Crippen molar-refractivity contribution in [2.45, 2.75) is 5.92 Å². The van der Waals surface area contributed by atoms with Crippen LogP contribution in [0.15, 0.2) is 127 Å². The summed E-state index contributed by atoms with van der Waals surface area (Å²) >= 11 is 0. The Kier molecular flexibility index (Phi) is 5.98. The molecular formula is C34H24O4. The Bertz CT molecular complexity index is 1690. The topological polar surface area (TPSA) is 66.8 Å². The van der Waals surface area contributed by atoms with Gasteiger partial charge < -0.3 is 14.9 Å². The molecule has 2 N–H and O–H groups in total. The van der Waals surface area contributed by atoms with Gasteiger partial charge in [-0.05, 0) is 63.5 Å². The minimum absolute atomic E-state index is 0.139. The first-order valence-electron chi connectivity index (χ1n) is 12.4. The zero-order valence-corrected chi connectivity index (χ0v) is 20.4. The van der Waals surface area contributed by atoms with Gasteiger partial charge in [0.25, 0.3) is 0 Å². The van der Waals surface area contributed by atoms with Crippen LogP contribution in [0.3, 0.4) is 0 Å². The van der Waals surface area contributed by atoms with Crippen LogP contribution in [-0.2, 0) is 0 Å². The number of phenols is 2. The molecular weight excluding hydrogens is 472 g/mol. The summed E-state index contributed by atoms with van der Waals surface area (Å²) in [5.41, 5.74) is 2.70. The first kappa shape index (κ1) is 23.3. The third kappa shape index (κ3) is 4.22. The Morgan fingerprint density at radius 2 is 1.05 bits per heavy atom. The average molecular weight is 497 g/mol. The van der Waals surface area contributed by atoms with Crippen LogP contribution in [0.25, 0.3) is 21.5 Å². The second kappa shape index (κ2) is 9.75. The molecule has 0 unspecified atom stereocenters. The van der Waals surface area contributed by atoms with E-state index in [0.29, 0.717) is 22.4 Å². The number of phenolic OH excluding ortho intramolecular Hbond substituents is 2. The molecule has 4 nitrogen and oxygen atoms in total. The maximum absolute atomic E-state index is 12.6. The van der Waals surface area contributed by atoms with Gasteiger partial charge in [-0.2, -0.15) is 0 Å². The normalized spacial score (nSPS) is 11.2. The van der Waals surface area contributed by atoms with Gasteiger partial charge in [0.2, 0.25) is 0 Å². The van der Waals surface area contributed by atoms with Crippen molar-refractivity contribution in [1.82, 2.24) is 0 Å². The van der Waals surface area contributed by atoms with Crippen molar-refractivity contribution in [3.8, 4) is 17.2 Å². The summed E-state index contributed by atoms with van der Waals surface area (Å²) in [7, 11) is 0. The smallest absolute Gasteiger partial charge is 0.343 e. The summed E-state index contributed by atoms with van der Waals surface area (Å²) in [4.78, 5) is 12.6. The van der Waals surface area contributed by atoms with Crippen LogP contribution in [0.1, 0.15) is 33.0 Å². The highest BCUT2D eigenvalue weighted by Crippen LogP contribution is 2.46. The van der Waals surface area contributed by atoms with E-state index >= 15 is 0 Å². The Labute approximate surface area is 220 Å². The molecule has 4 heteroatoms. The van der Waals surface area contributed by atoms with Gasteiger partial charge in [0.1, 0.15) is 17.2 Å². The predicted molar refractivity (Wildman–Crippen MR) is 150 cm³/mol. The molecule has 0 aromatic heterocycles. The zero-order valence-electron chi connectivity index (χ0n) is 20.4. The van der Waals surface area contributed by atoms with Crippen LogP contribution in [0.4, 0.5) is 0 Å². The van der Waals surface area contributed by atoms with Gasteiger partial charge in [0.05, 0.1) is 5.56 Å². The monoisotopic (exact) mass is 496 g/mol. The van der Waals surface area contributed by atoms with E-state index in [9.17, 15) is 15.0 Å². The lowest BCUT2D eigenvalue weighted by Crippen LogP contribution is -2.09. The lowest BCUT2D eigenvalue weighted by molar-refractivity contribution is 0.0734. The molecule has 6 rings (SSSR count). The van der Waals surface area contributed by atoms with Crippen LogP contribution in [0, 0.1) is 0 Å². The van der Waals surface area contributed by atoms with E-state index in [0.717, 1.165) is 27.1 Å². The Balaban J connectivity index is 1.52. The molecule has 0 heterocycles. The van der Waals surface area contributed by atoms with E-state index in [1.54, 1.807) is 48.5 Å². The Hall–Kier alpha value is -5.09. The molecule has 0 bridgehead atoms. The molecule has 0 aliphatic rings. The van der Waals surface area contributed by atoms with Gasteiger partial charge in [-0.15, -0.1) is 0 Å². The van der Waals surface area contributed by atoms with E-state index in [4.69, 9.17) is 4.74 Å². The molecule has 0 spiro atoms. The van der Waals surface area contributed by atoms with E-state index in [2.05, 4.69) is 0 Å². The summed E-state index contributed by atoms with van der Waals surface area (Å²) in [6, 6.07) is 39.0. The summed E-state index contributed by atoms with van der Waals surface area (Å²) in [6.45, 7) is 0. The predicted octanol–water partition coefficient (Wildman–Crippen LogP) is 7.80. The van der Waals surface area contributed by atoms with Crippen molar-refractivity contribution >= 4 is 27.5 Å². The lowest BCUT2D eigenvalue weighted by atomic mass is 9.80. The number of ether oxygens (including phenoxy) is 1. The van der Waals surface area contributed by atoms with E-state index in [1.165, 1.54) is 0 Å². The zero-order chi connectivity index (χ0) is 26.1. The van der Waals surface area contributed by atoms with Gasteiger partial charge >= 0.3 is 5.97 Å². The number of aromatic hydroxyl groups is 2. The number of esters is 1. The van der Waals surface area contributed by atoms with Crippen molar-refractivity contribution < 1.29 is 19.7 Å². The van der Waals surface area contributed by atoms with Crippen molar-refractivity contribution in [2.75, 3.05) is 0 Å². The third-order valence-electron chi connectivity index (χ3n) is 6.91. The van der Waals surface area contributed by atoms with E-state index in [-0.39, 0.29) is 11.5 Å². The molecule has 0 aliphatic heterocycles. The third-order valence-corrected chi connectivity index (χ3v) is 6.91. The largest absolute Gasteiger partial charge is 0.508 e. The van der Waals surface area contributed by atoms with Crippen molar-refractivity contribution in [2.24, 2.45) is 0 Å². The molecule has 0 radical (unpaired) electrons. The second-order valence-electron chi connectivity index (χ2n) is 9.20. The summed E-state index contributed by atoms with van der Waals surface area (Å²) in [6.07, 6.45) is 0. The SMILES string of the molecule is O=C(Oc1ccc(C(c2c(O)ccc3ccccc23)c2c(O)ccc3ccccc23)cc1)c1ccccc1. The van der Waals surface area contributed by atoms with Crippen molar-refractivity contribution in [3.63, 3.8) is 0 Å². The van der Waals surface area contributed by atoms with Gasteiger partial charge in [0.15, 0.2) is 0 Å². The van der Waals surface area contributed by atoms with Crippen LogP contribution in [0.2, 0.25) is 0 Å². The minimum atomic E-state index is -0.494. The molecule has 0 amide bonds. The van der Waals surface area contributed by atoms with Crippen LogP contribution < -0.4 is 4.74 Å². The summed E-state index contributed by atoms with van der Waals surface area (Å²) < 4.78 is 5.60. The van der Waals surface area contributed by atoms with E-state index in [1.807, 2.05) is 78.9 Å². The standard InChI is InChI=1S/C34H24O4/c35-29-20-16-22-8-4-6-12-27(22)32(29)31(33-28-13-7-5-9-23(28)17-21-30(33)36)24-14-18-26(19-15-24)38-34(37)25-10-2-1-3-11-25/h1-21,31,35-36H. The highest BCUT2D eigenvalue weighted by molar-refractivity contribution is 5.94. The van der Waals surface area contributed by atoms with Crippen molar-refractivity contribution in [3.05, 3.63) is 150 Å². The maximum Gasteiger partial charge on any atom is 0.343 e. The van der Waals surface area contributed by atoms with Crippen LogP contribution >= 0.6 is 0 Å². The number of hydrogen-bond acceptors (Lipinski definition) is 4. The molecule has 38 heavy (non-hydrogen) atoms. The number of rotatable bonds is 5. The fraction of sp³-hybridized carbons (Fsp3) is 0.0294. The average Bonchev–Trinajstić information content (AvgIpc) is 2.96. The van der Waals surface area contributed by atoms with Crippen molar-refractivity contribution in [1.29, 1.82) is 0 Å². The molecule has 0 fully saturated rings. The molecule has 0 aliphatic carbocycles. The lowest BCUT2D eigenvalue weighted by Gasteiger charge is -2.24. The molecule has 0 saturated heterocycles. The number of benzene rings is 6. The van der Waals surface area contributed by atoms with Crippen LogP contribution in [0.5, 0.6) is 17.2 Å². The van der Waals surface area contributed by atoms with E-state index < -0.39 is 11.9 Å². The van der Waals surface area contributed by atoms with Crippen LogP contribution in [-0.4, -0.2) is 16.2 Å². The minimum Gasteiger partial charge on any atom is -0.508 e. The second-order valence-corrected chi connectivity index (χ2v) is 9.20. The quantitative estimate of drug-likeness (QED) is 0.145. The maximum atomic E-state index is 12.6. The first-order valence-corrected chi connectivity index (χ1v) is 12.4. The fourth-order valence-electron chi connectivity index (χ4n) is 5.12. The highest BCUT2D eigenvalue weighted by Gasteiger charge is 2.27. The molecule has 0 saturated carbocycles. The number of carbonyl (C=O) groups excluding carboxylic acids is 1. The van der Waals surface area contributed by atoms with Gasteiger partial charge in [-0.3, -0.25) is 0 Å². The first-order chi connectivity index (χ1) is 18.6. The Morgan fingerprint density at radius 3 is 1.61 bits per heavy atom. The summed E-state index contributed by atoms with van der Waals surface area (Å²) in [5, 5.41) is 26.2. The molecule has 184 valence electrons. The molecule has 6 aromatic carbocycles. The number of carbonyl (C=O) groups is 1. The van der Waals surface area contributed by atoms with Gasteiger partial charge in [-0.25, -0.2) is 4.79 Å². The highest BCUT2D eigenvalue weighted by atomic mass is 16.5. The summed E-state index contributed by atoms with van der Waals surface area (Å²) in [5.74, 6) is -0.244. The number of hydrogen-bond donors (Lipinski definition) is 2. The molecule has 0 atom stereocenters. The van der Waals surface area contributed by atoms with Gasteiger partial charge in [0, 0.05) is 17.0 Å². The number of fused-ring (bicyclic) bond motifs is 2. The fourth-order valence-corrected chi connectivity index (χ4v) is 5.12. The Morgan fingerprint density at radius 1 is 0.553 bits per heavy atom.